The molecule has 0 saturated carbocycles. The minimum atomic E-state index is -1.40. The summed E-state index contributed by atoms with van der Waals surface area (Å²) in [6.45, 7) is 11.6. The van der Waals surface area contributed by atoms with Gasteiger partial charge < -0.3 is 4.90 Å². The van der Waals surface area contributed by atoms with Crippen LogP contribution in [0.5, 0.6) is 0 Å². The number of amides is 1. The summed E-state index contributed by atoms with van der Waals surface area (Å²) in [6, 6.07) is 12.5. The zero-order valence-corrected chi connectivity index (χ0v) is 15.6. The van der Waals surface area contributed by atoms with Gasteiger partial charge in [0, 0.05) is 11.4 Å². The smallest absolute Gasteiger partial charge is 0.262 e. The van der Waals surface area contributed by atoms with Crippen molar-refractivity contribution in [3.05, 3.63) is 65.0 Å². The summed E-state index contributed by atoms with van der Waals surface area (Å²) in [5, 5.41) is 0.231. The Morgan fingerprint density at radius 1 is 1.15 bits per heavy atom. The maximum atomic E-state index is 14.0. The molecule has 1 aliphatic rings. The molecular formula is C20H18FN3OS. The first-order valence-corrected chi connectivity index (χ1v) is 8.54. The van der Waals surface area contributed by atoms with Crippen molar-refractivity contribution in [2.75, 3.05) is 16.5 Å². The summed E-state index contributed by atoms with van der Waals surface area (Å²) in [5.41, 5.74) is 2.12. The molecule has 1 atom stereocenters. The topological polar surface area (TPSA) is 27.9 Å². The van der Waals surface area contributed by atoms with Crippen LogP contribution in [0.1, 0.15) is 18.1 Å². The molecule has 1 fully saturated rings. The number of aryl methyl sites for hydroxylation is 2. The Bertz CT molecular complexity index is 935. The van der Waals surface area contributed by atoms with E-state index in [1.165, 1.54) is 4.90 Å². The van der Waals surface area contributed by atoms with Gasteiger partial charge in [0.15, 0.2) is 16.3 Å². The number of rotatable bonds is 3. The molecule has 0 radical (unpaired) electrons. The Morgan fingerprint density at radius 3 is 2.31 bits per heavy atom. The van der Waals surface area contributed by atoms with Crippen LogP contribution in [0.3, 0.4) is 0 Å². The fraction of sp³-hybridized carbons (Fsp3) is 0.250. The van der Waals surface area contributed by atoms with E-state index in [-0.39, 0.29) is 5.11 Å². The predicted molar refractivity (Wildman–Crippen MR) is 106 cm³/mol. The molecule has 1 aliphatic heterocycles. The number of anilines is 2. The molecule has 0 N–H and O–H groups in total. The van der Waals surface area contributed by atoms with Crippen molar-refractivity contribution in [3.8, 4) is 0 Å². The molecule has 1 amide bonds. The summed E-state index contributed by atoms with van der Waals surface area (Å²) in [4.78, 5) is 19.4. The predicted octanol–water partition coefficient (Wildman–Crippen LogP) is 4.72. The van der Waals surface area contributed by atoms with E-state index in [1.807, 2.05) is 31.2 Å². The highest BCUT2D eigenvalue weighted by atomic mass is 32.1. The lowest BCUT2D eigenvalue weighted by Crippen LogP contribution is -2.49. The lowest BCUT2D eigenvalue weighted by Gasteiger charge is -2.30. The van der Waals surface area contributed by atoms with Gasteiger partial charge in [-0.1, -0.05) is 23.8 Å². The minimum absolute atomic E-state index is 0.231. The van der Waals surface area contributed by atoms with Crippen LogP contribution in [-0.4, -0.2) is 23.2 Å². The van der Waals surface area contributed by atoms with Crippen LogP contribution < -0.4 is 9.80 Å². The average molecular weight is 367 g/mol. The molecule has 26 heavy (non-hydrogen) atoms. The molecule has 4 nitrogen and oxygen atoms in total. The standard InChI is InChI=1S/C20H18FN3OS/c1-13-5-7-15(8-6-13)24-19(26)23(18(25)20(24,3)12-21)16-9-10-17(22-4)14(2)11-16/h5-11H,12H2,1-3H3. The Balaban J connectivity index is 2.10. The van der Waals surface area contributed by atoms with Crippen LogP contribution in [0.2, 0.25) is 0 Å². The maximum absolute atomic E-state index is 14.0. The lowest BCUT2D eigenvalue weighted by molar-refractivity contribution is -0.121. The number of hydrogen-bond donors (Lipinski definition) is 0. The molecule has 2 aromatic carbocycles. The highest BCUT2D eigenvalue weighted by molar-refractivity contribution is 7.81. The van der Waals surface area contributed by atoms with Gasteiger partial charge in [0.05, 0.1) is 6.57 Å². The van der Waals surface area contributed by atoms with Crippen molar-refractivity contribution in [1.82, 2.24) is 0 Å². The van der Waals surface area contributed by atoms with E-state index in [9.17, 15) is 9.18 Å². The molecule has 2 aromatic rings. The number of benzene rings is 2. The molecule has 0 bridgehead atoms. The fourth-order valence-corrected chi connectivity index (χ4v) is 3.57. The number of carbonyl (C=O) groups is 1. The summed E-state index contributed by atoms with van der Waals surface area (Å²) < 4.78 is 14.0. The van der Waals surface area contributed by atoms with Gasteiger partial charge in [-0.3, -0.25) is 9.69 Å². The van der Waals surface area contributed by atoms with Gasteiger partial charge in [0.2, 0.25) is 0 Å². The number of nitrogens with zero attached hydrogens (tertiary/aromatic N) is 3. The highest BCUT2D eigenvalue weighted by Gasteiger charge is 2.53. The molecule has 1 unspecified atom stereocenters. The first kappa shape index (κ1) is 18.0. The SMILES string of the molecule is [C-]#[N+]c1ccc(N2C(=O)C(C)(CF)N(c3ccc(C)cc3)C2=S)cc1C. The van der Waals surface area contributed by atoms with E-state index in [0.717, 1.165) is 11.1 Å². The molecular weight excluding hydrogens is 349 g/mol. The van der Waals surface area contributed by atoms with Gasteiger partial charge in [-0.05, 0) is 62.8 Å². The fourth-order valence-electron chi connectivity index (χ4n) is 3.07. The van der Waals surface area contributed by atoms with Crippen molar-refractivity contribution in [1.29, 1.82) is 0 Å². The van der Waals surface area contributed by atoms with E-state index in [1.54, 1.807) is 36.9 Å². The third-order valence-electron chi connectivity index (χ3n) is 4.65. The van der Waals surface area contributed by atoms with Gasteiger partial charge in [0.1, 0.15) is 6.67 Å². The van der Waals surface area contributed by atoms with Gasteiger partial charge in [-0.25, -0.2) is 9.24 Å². The normalized spacial score (nSPS) is 19.8. The van der Waals surface area contributed by atoms with E-state index in [4.69, 9.17) is 18.8 Å². The molecule has 3 rings (SSSR count). The highest BCUT2D eigenvalue weighted by Crippen LogP contribution is 2.38. The monoisotopic (exact) mass is 367 g/mol. The molecule has 0 spiro atoms. The quantitative estimate of drug-likeness (QED) is 0.580. The number of carbonyl (C=O) groups excluding carboxylic acids is 1. The maximum Gasteiger partial charge on any atom is 0.262 e. The number of halogens is 1. The Labute approximate surface area is 157 Å². The third-order valence-corrected chi connectivity index (χ3v) is 5.02. The van der Waals surface area contributed by atoms with Crippen molar-refractivity contribution in [2.24, 2.45) is 0 Å². The van der Waals surface area contributed by atoms with Crippen molar-refractivity contribution in [3.63, 3.8) is 0 Å². The second-order valence-electron chi connectivity index (χ2n) is 6.58. The van der Waals surface area contributed by atoms with Gasteiger partial charge >= 0.3 is 0 Å². The van der Waals surface area contributed by atoms with Crippen molar-refractivity contribution < 1.29 is 9.18 Å². The molecule has 132 valence electrons. The Kier molecular flexibility index (Phi) is 4.51. The number of hydrogen-bond acceptors (Lipinski definition) is 2. The lowest BCUT2D eigenvalue weighted by atomic mass is 10.0. The van der Waals surface area contributed by atoms with Gasteiger partial charge in [-0.15, -0.1) is 0 Å². The third kappa shape index (κ3) is 2.65. The van der Waals surface area contributed by atoms with E-state index in [2.05, 4.69) is 4.85 Å². The minimum Gasteiger partial charge on any atom is -0.301 e. The molecule has 0 aromatic heterocycles. The second kappa shape index (κ2) is 6.50. The summed E-state index contributed by atoms with van der Waals surface area (Å²) in [5.74, 6) is -0.416. The van der Waals surface area contributed by atoms with Crippen LogP contribution in [0.15, 0.2) is 42.5 Å². The van der Waals surface area contributed by atoms with Crippen LogP contribution in [0.25, 0.3) is 4.85 Å². The Hall–Kier alpha value is -2.78. The van der Waals surface area contributed by atoms with E-state index in [0.29, 0.717) is 17.1 Å². The zero-order chi connectivity index (χ0) is 19.1. The van der Waals surface area contributed by atoms with Gasteiger partial charge in [-0.2, -0.15) is 0 Å². The first-order chi connectivity index (χ1) is 12.3. The first-order valence-electron chi connectivity index (χ1n) is 8.13. The average Bonchev–Trinajstić information content (AvgIpc) is 2.82. The number of thiocarbonyl (C=S) groups is 1. The van der Waals surface area contributed by atoms with E-state index >= 15 is 0 Å². The van der Waals surface area contributed by atoms with Crippen molar-refractivity contribution in [2.45, 2.75) is 26.3 Å². The van der Waals surface area contributed by atoms with E-state index < -0.39 is 18.1 Å². The van der Waals surface area contributed by atoms with Crippen LogP contribution in [-0.2, 0) is 4.79 Å². The molecule has 0 aliphatic carbocycles. The van der Waals surface area contributed by atoms with Crippen LogP contribution in [0.4, 0.5) is 21.5 Å². The second-order valence-corrected chi connectivity index (χ2v) is 6.95. The zero-order valence-electron chi connectivity index (χ0n) is 14.8. The summed E-state index contributed by atoms with van der Waals surface area (Å²) in [7, 11) is 0. The molecule has 1 heterocycles. The molecule has 6 heteroatoms. The largest absolute Gasteiger partial charge is 0.301 e. The van der Waals surface area contributed by atoms with Gasteiger partial charge in [0.25, 0.3) is 5.91 Å². The Morgan fingerprint density at radius 2 is 1.77 bits per heavy atom. The summed E-state index contributed by atoms with van der Waals surface area (Å²) >= 11 is 5.56. The molecule has 1 saturated heterocycles. The van der Waals surface area contributed by atoms with Crippen molar-refractivity contribution >= 4 is 40.3 Å². The van der Waals surface area contributed by atoms with Crippen LogP contribution >= 0.6 is 12.2 Å². The summed E-state index contributed by atoms with van der Waals surface area (Å²) in [6.07, 6.45) is 0. The number of alkyl halides is 1. The van der Waals surface area contributed by atoms with Crippen LogP contribution in [0, 0.1) is 20.4 Å².